The molecule has 0 aliphatic carbocycles. The number of fused-ring (bicyclic) bond motifs is 1. The third kappa shape index (κ3) is 3.08. The molecule has 0 saturated heterocycles. The first-order chi connectivity index (χ1) is 9.50. The summed E-state index contributed by atoms with van der Waals surface area (Å²) >= 11 is 1.33. The van der Waals surface area contributed by atoms with E-state index in [9.17, 15) is 4.79 Å². The van der Waals surface area contributed by atoms with Crippen molar-refractivity contribution in [3.8, 4) is 0 Å². The van der Waals surface area contributed by atoms with Crippen molar-refractivity contribution < 1.29 is 9.53 Å². The summed E-state index contributed by atoms with van der Waals surface area (Å²) in [6.07, 6.45) is 1.87. The predicted octanol–water partition coefficient (Wildman–Crippen LogP) is 2.38. The zero-order valence-corrected chi connectivity index (χ0v) is 12.7. The second-order valence-corrected chi connectivity index (χ2v) is 5.85. The Bertz CT molecular complexity index is 609. The van der Waals surface area contributed by atoms with E-state index in [4.69, 9.17) is 10.5 Å². The van der Waals surface area contributed by atoms with Crippen LogP contribution in [-0.2, 0) is 4.74 Å². The number of pyridine rings is 1. The highest BCUT2D eigenvalue weighted by Gasteiger charge is 2.20. The molecule has 108 valence electrons. The van der Waals surface area contributed by atoms with Crippen LogP contribution in [0.15, 0.2) is 18.3 Å². The van der Waals surface area contributed by atoms with E-state index in [2.05, 4.69) is 4.98 Å². The van der Waals surface area contributed by atoms with Gasteiger partial charge in [-0.3, -0.25) is 4.79 Å². The fourth-order valence-corrected chi connectivity index (χ4v) is 2.87. The van der Waals surface area contributed by atoms with Gasteiger partial charge >= 0.3 is 0 Å². The Morgan fingerprint density at radius 2 is 2.30 bits per heavy atom. The normalized spacial score (nSPS) is 11.2. The molecule has 0 atom stereocenters. The topological polar surface area (TPSA) is 68.5 Å². The average molecular weight is 293 g/mol. The molecule has 0 unspecified atom stereocenters. The maximum absolute atomic E-state index is 12.4. The number of carbonyl (C=O) groups excluding carboxylic acids is 1. The molecule has 20 heavy (non-hydrogen) atoms. The number of nitrogens with zero attached hydrogens (tertiary/aromatic N) is 2. The molecule has 2 heterocycles. The molecule has 2 N–H and O–H groups in total. The molecule has 0 spiro atoms. The van der Waals surface area contributed by atoms with E-state index >= 15 is 0 Å². The molecule has 1 amide bonds. The smallest absolute Gasteiger partial charge is 0.265 e. The summed E-state index contributed by atoms with van der Waals surface area (Å²) in [6, 6.07) is 3.70. The maximum atomic E-state index is 12.4. The number of likely N-dealkylation sites (N-methyl/N-ethyl adjacent to an activating group) is 1. The van der Waals surface area contributed by atoms with Gasteiger partial charge in [0.25, 0.3) is 5.91 Å². The number of aromatic nitrogens is 1. The summed E-state index contributed by atoms with van der Waals surface area (Å²) in [7, 11) is 1.75. The SMILES string of the molecule is CC(C)OCCN(C)C(=O)c1sc2ncccc2c1N. The summed E-state index contributed by atoms with van der Waals surface area (Å²) in [5.41, 5.74) is 6.56. The lowest BCUT2D eigenvalue weighted by molar-refractivity contribution is 0.0535. The van der Waals surface area contributed by atoms with Crippen molar-refractivity contribution in [2.24, 2.45) is 0 Å². The van der Waals surface area contributed by atoms with E-state index in [1.54, 1.807) is 18.1 Å². The number of nitrogen functional groups attached to an aromatic ring is 1. The van der Waals surface area contributed by atoms with Gasteiger partial charge in [0, 0.05) is 25.2 Å². The monoisotopic (exact) mass is 293 g/mol. The Morgan fingerprint density at radius 1 is 1.55 bits per heavy atom. The zero-order chi connectivity index (χ0) is 14.7. The quantitative estimate of drug-likeness (QED) is 0.919. The first kappa shape index (κ1) is 14.7. The zero-order valence-electron chi connectivity index (χ0n) is 11.9. The van der Waals surface area contributed by atoms with Crippen LogP contribution in [0.5, 0.6) is 0 Å². The van der Waals surface area contributed by atoms with Gasteiger partial charge in [-0.1, -0.05) is 0 Å². The summed E-state index contributed by atoms with van der Waals surface area (Å²) in [6.45, 7) is 5.00. The number of ether oxygens (including phenoxy) is 1. The highest BCUT2D eigenvalue weighted by atomic mass is 32.1. The second-order valence-electron chi connectivity index (χ2n) is 4.85. The Morgan fingerprint density at radius 3 is 2.95 bits per heavy atom. The van der Waals surface area contributed by atoms with Crippen molar-refractivity contribution in [3.63, 3.8) is 0 Å². The van der Waals surface area contributed by atoms with Crippen LogP contribution >= 0.6 is 11.3 Å². The summed E-state index contributed by atoms with van der Waals surface area (Å²) in [5, 5.41) is 0.840. The molecular formula is C14H19N3O2S. The van der Waals surface area contributed by atoms with Crippen LogP contribution in [0.4, 0.5) is 5.69 Å². The molecule has 0 radical (unpaired) electrons. The van der Waals surface area contributed by atoms with Crippen LogP contribution in [0.2, 0.25) is 0 Å². The third-order valence-electron chi connectivity index (χ3n) is 2.92. The van der Waals surface area contributed by atoms with Crippen molar-refractivity contribution >= 4 is 33.1 Å². The number of hydrogen-bond acceptors (Lipinski definition) is 5. The fraction of sp³-hybridized carbons (Fsp3) is 0.429. The minimum Gasteiger partial charge on any atom is -0.397 e. The van der Waals surface area contributed by atoms with E-state index in [-0.39, 0.29) is 12.0 Å². The molecule has 5 nitrogen and oxygen atoms in total. The van der Waals surface area contributed by atoms with E-state index in [0.29, 0.717) is 23.7 Å². The van der Waals surface area contributed by atoms with Crippen molar-refractivity contribution in [1.29, 1.82) is 0 Å². The van der Waals surface area contributed by atoms with Gasteiger partial charge in [0.2, 0.25) is 0 Å². The van der Waals surface area contributed by atoms with Crippen LogP contribution in [0.1, 0.15) is 23.5 Å². The van der Waals surface area contributed by atoms with Gasteiger partial charge in [0.15, 0.2) is 0 Å². The minimum atomic E-state index is -0.0853. The van der Waals surface area contributed by atoms with Gasteiger partial charge < -0.3 is 15.4 Å². The van der Waals surface area contributed by atoms with Crippen LogP contribution < -0.4 is 5.73 Å². The lowest BCUT2D eigenvalue weighted by Crippen LogP contribution is -2.30. The molecule has 0 fully saturated rings. The average Bonchev–Trinajstić information content (AvgIpc) is 2.75. The molecule has 2 aromatic heterocycles. The van der Waals surface area contributed by atoms with Gasteiger partial charge in [0.1, 0.15) is 9.71 Å². The van der Waals surface area contributed by atoms with Crippen molar-refractivity contribution in [2.45, 2.75) is 20.0 Å². The molecule has 6 heteroatoms. The standard InChI is InChI=1S/C14H19N3O2S/c1-9(2)19-8-7-17(3)14(18)12-11(15)10-5-4-6-16-13(10)20-12/h4-6,9H,7-8,15H2,1-3H3. The number of anilines is 1. The maximum Gasteiger partial charge on any atom is 0.265 e. The lowest BCUT2D eigenvalue weighted by Gasteiger charge is -2.17. The third-order valence-corrected chi connectivity index (χ3v) is 4.04. The van der Waals surface area contributed by atoms with Crippen molar-refractivity contribution in [3.05, 3.63) is 23.2 Å². The fourth-order valence-electron chi connectivity index (χ4n) is 1.81. The number of hydrogen-bond donors (Lipinski definition) is 1. The molecule has 2 rings (SSSR count). The van der Waals surface area contributed by atoms with Crippen molar-refractivity contribution in [1.82, 2.24) is 9.88 Å². The summed E-state index contributed by atoms with van der Waals surface area (Å²) < 4.78 is 5.45. The molecule has 0 aromatic carbocycles. The van der Waals surface area contributed by atoms with Gasteiger partial charge in [-0.2, -0.15) is 0 Å². The number of amides is 1. The predicted molar refractivity (Wildman–Crippen MR) is 82.1 cm³/mol. The van der Waals surface area contributed by atoms with Gasteiger partial charge in [-0.05, 0) is 26.0 Å². The van der Waals surface area contributed by atoms with Crippen LogP contribution in [-0.4, -0.2) is 42.1 Å². The van der Waals surface area contributed by atoms with E-state index in [1.165, 1.54) is 11.3 Å². The Balaban J connectivity index is 2.12. The second kappa shape index (κ2) is 6.19. The van der Waals surface area contributed by atoms with Gasteiger partial charge in [-0.25, -0.2) is 4.98 Å². The molecule has 2 aromatic rings. The number of nitrogens with two attached hydrogens (primary N) is 1. The first-order valence-electron chi connectivity index (χ1n) is 6.50. The van der Waals surface area contributed by atoms with Crippen molar-refractivity contribution in [2.75, 3.05) is 25.9 Å². The molecular weight excluding hydrogens is 274 g/mol. The highest BCUT2D eigenvalue weighted by Crippen LogP contribution is 2.32. The summed E-state index contributed by atoms with van der Waals surface area (Å²) in [5.74, 6) is -0.0853. The number of carbonyl (C=O) groups is 1. The van der Waals surface area contributed by atoms with E-state index in [1.807, 2.05) is 26.0 Å². The van der Waals surface area contributed by atoms with Gasteiger partial charge in [-0.15, -0.1) is 11.3 Å². The highest BCUT2D eigenvalue weighted by molar-refractivity contribution is 7.21. The van der Waals surface area contributed by atoms with E-state index in [0.717, 1.165) is 10.2 Å². The number of rotatable bonds is 5. The van der Waals surface area contributed by atoms with Gasteiger partial charge in [0.05, 0.1) is 18.4 Å². The Kier molecular flexibility index (Phi) is 4.57. The number of thiophene rings is 1. The Hall–Kier alpha value is -1.66. The van der Waals surface area contributed by atoms with Crippen LogP contribution in [0.3, 0.4) is 0 Å². The largest absolute Gasteiger partial charge is 0.397 e. The molecule has 0 aliphatic rings. The van der Waals surface area contributed by atoms with Crippen LogP contribution in [0.25, 0.3) is 10.2 Å². The lowest BCUT2D eigenvalue weighted by atomic mass is 10.2. The Labute approximate surface area is 122 Å². The molecule has 0 bridgehead atoms. The molecule has 0 saturated carbocycles. The minimum absolute atomic E-state index is 0.0853. The van der Waals surface area contributed by atoms with E-state index < -0.39 is 0 Å². The molecule has 0 aliphatic heterocycles. The first-order valence-corrected chi connectivity index (χ1v) is 7.32. The van der Waals surface area contributed by atoms with Crippen LogP contribution in [0, 0.1) is 0 Å². The summed E-state index contributed by atoms with van der Waals surface area (Å²) in [4.78, 5) is 19.6.